The zero-order chi connectivity index (χ0) is 13.8. The van der Waals surface area contributed by atoms with E-state index in [4.69, 9.17) is 4.74 Å². The second kappa shape index (κ2) is 13.8. The van der Waals surface area contributed by atoms with Crippen molar-refractivity contribution in [2.45, 2.75) is 6.42 Å². The standard InChI is InChI=1S/C11H23FN4O2.HI/c1-16(2)10(17)9-15-11(13-6-4-5-12)14-7-8-18-3;/h4-9H2,1-3H3,(H2,13,14,15);1H. The van der Waals surface area contributed by atoms with E-state index in [2.05, 4.69) is 15.6 Å². The number of hydrogen-bond acceptors (Lipinski definition) is 3. The molecule has 0 aliphatic rings. The first-order valence-corrected chi connectivity index (χ1v) is 5.89. The molecule has 0 fully saturated rings. The number of carbonyl (C=O) groups excluding carboxylic acids is 1. The SMILES string of the molecule is COCCNC(=NCC(=O)N(C)C)NCCCF.I. The Morgan fingerprint density at radius 2 is 1.95 bits per heavy atom. The fourth-order valence-corrected chi connectivity index (χ4v) is 1.01. The predicted octanol–water partition coefficient (Wildman–Crippen LogP) is 0.234. The molecule has 2 N–H and O–H groups in total. The van der Waals surface area contributed by atoms with Crippen molar-refractivity contribution in [3.63, 3.8) is 0 Å². The van der Waals surface area contributed by atoms with Crippen LogP contribution in [0.15, 0.2) is 4.99 Å². The Morgan fingerprint density at radius 3 is 2.47 bits per heavy atom. The fraction of sp³-hybridized carbons (Fsp3) is 0.818. The van der Waals surface area contributed by atoms with Gasteiger partial charge < -0.3 is 20.3 Å². The van der Waals surface area contributed by atoms with Crippen molar-refractivity contribution in [2.75, 3.05) is 54.1 Å². The first kappa shape index (κ1) is 20.7. The lowest BCUT2D eigenvalue weighted by Gasteiger charge is -2.13. The third-order valence-corrected chi connectivity index (χ3v) is 2.07. The number of ether oxygens (including phenoxy) is 1. The number of guanidine groups is 1. The molecule has 0 bridgehead atoms. The first-order chi connectivity index (χ1) is 8.61. The van der Waals surface area contributed by atoms with Gasteiger partial charge in [0.1, 0.15) is 6.54 Å². The molecule has 1 amide bonds. The minimum atomic E-state index is -0.380. The maximum atomic E-state index is 12.0. The van der Waals surface area contributed by atoms with Crippen molar-refractivity contribution in [2.24, 2.45) is 4.99 Å². The zero-order valence-electron chi connectivity index (χ0n) is 11.7. The van der Waals surface area contributed by atoms with Gasteiger partial charge in [-0.15, -0.1) is 24.0 Å². The molecule has 0 unspecified atom stereocenters. The second-order valence-electron chi connectivity index (χ2n) is 3.84. The quantitative estimate of drug-likeness (QED) is 0.270. The van der Waals surface area contributed by atoms with Gasteiger partial charge in [0.25, 0.3) is 0 Å². The highest BCUT2D eigenvalue weighted by molar-refractivity contribution is 14.0. The summed E-state index contributed by atoms with van der Waals surface area (Å²) in [6.07, 6.45) is 0.409. The van der Waals surface area contributed by atoms with Crippen molar-refractivity contribution in [3.8, 4) is 0 Å². The number of nitrogens with one attached hydrogen (secondary N) is 2. The van der Waals surface area contributed by atoms with Crippen LogP contribution < -0.4 is 10.6 Å². The molecule has 0 aliphatic heterocycles. The molecule has 8 heteroatoms. The lowest BCUT2D eigenvalue weighted by Crippen LogP contribution is -2.40. The predicted molar refractivity (Wildman–Crippen MR) is 84.9 cm³/mol. The summed E-state index contributed by atoms with van der Waals surface area (Å²) in [5.74, 6) is 0.407. The number of methoxy groups -OCH3 is 1. The Balaban J connectivity index is 0. The molecule has 0 radical (unpaired) electrons. The van der Waals surface area contributed by atoms with E-state index in [1.54, 1.807) is 21.2 Å². The van der Waals surface area contributed by atoms with Gasteiger partial charge in [-0.3, -0.25) is 9.18 Å². The molecule has 0 aromatic heterocycles. The van der Waals surface area contributed by atoms with Crippen LogP contribution in [0.4, 0.5) is 4.39 Å². The number of rotatable bonds is 8. The Labute approximate surface area is 131 Å². The summed E-state index contributed by atoms with van der Waals surface area (Å²) in [5, 5.41) is 5.94. The number of aliphatic imine (C=N–C) groups is 1. The Hall–Kier alpha value is -0.640. The first-order valence-electron chi connectivity index (χ1n) is 5.89. The Morgan fingerprint density at radius 1 is 1.32 bits per heavy atom. The number of halogens is 2. The van der Waals surface area contributed by atoms with Crippen molar-refractivity contribution in [1.82, 2.24) is 15.5 Å². The summed E-state index contributed by atoms with van der Waals surface area (Å²) in [6.45, 7) is 1.27. The van der Waals surface area contributed by atoms with Gasteiger partial charge in [-0.05, 0) is 6.42 Å². The summed E-state index contributed by atoms with van der Waals surface area (Å²) in [6, 6.07) is 0. The molecule has 0 spiro atoms. The maximum absolute atomic E-state index is 12.0. The van der Waals surface area contributed by atoms with E-state index in [9.17, 15) is 9.18 Å². The fourth-order valence-electron chi connectivity index (χ4n) is 1.01. The van der Waals surface area contributed by atoms with Crippen LogP contribution in [0.2, 0.25) is 0 Å². The van der Waals surface area contributed by atoms with Crippen LogP contribution in [0.3, 0.4) is 0 Å². The van der Waals surface area contributed by atoms with E-state index in [1.165, 1.54) is 4.90 Å². The van der Waals surface area contributed by atoms with E-state index in [0.29, 0.717) is 32.1 Å². The highest BCUT2D eigenvalue weighted by Gasteiger charge is 2.03. The minimum absolute atomic E-state index is 0. The third kappa shape index (κ3) is 12.2. The van der Waals surface area contributed by atoms with Crippen molar-refractivity contribution >= 4 is 35.8 Å². The molecule has 0 saturated carbocycles. The molecule has 0 aromatic rings. The average Bonchev–Trinajstić information content (AvgIpc) is 2.35. The maximum Gasteiger partial charge on any atom is 0.243 e. The van der Waals surface area contributed by atoms with Crippen LogP contribution in [0.5, 0.6) is 0 Å². The van der Waals surface area contributed by atoms with Gasteiger partial charge in [-0.2, -0.15) is 0 Å². The van der Waals surface area contributed by atoms with Crippen LogP contribution in [0.1, 0.15) is 6.42 Å². The Kier molecular flexibility index (Phi) is 15.0. The molecular weight excluding hydrogens is 366 g/mol. The van der Waals surface area contributed by atoms with Crippen LogP contribution in [-0.2, 0) is 9.53 Å². The van der Waals surface area contributed by atoms with Crippen molar-refractivity contribution in [3.05, 3.63) is 0 Å². The van der Waals surface area contributed by atoms with Gasteiger partial charge in [-0.1, -0.05) is 0 Å². The summed E-state index contributed by atoms with van der Waals surface area (Å²) in [7, 11) is 4.95. The molecule has 114 valence electrons. The Bertz CT molecular complexity index is 253. The number of amides is 1. The molecule has 0 heterocycles. The van der Waals surface area contributed by atoms with Gasteiger partial charge >= 0.3 is 0 Å². The number of carbonyl (C=O) groups is 1. The molecule has 6 nitrogen and oxygen atoms in total. The highest BCUT2D eigenvalue weighted by atomic mass is 127. The van der Waals surface area contributed by atoms with Gasteiger partial charge in [0.05, 0.1) is 13.3 Å². The second-order valence-corrected chi connectivity index (χ2v) is 3.84. The average molecular weight is 390 g/mol. The summed E-state index contributed by atoms with van der Waals surface area (Å²) in [5.41, 5.74) is 0. The van der Waals surface area contributed by atoms with E-state index in [1.807, 2.05) is 0 Å². The lowest BCUT2D eigenvalue weighted by molar-refractivity contribution is -0.127. The number of likely N-dealkylation sites (N-methyl/N-ethyl adjacent to an activating group) is 1. The van der Waals surface area contributed by atoms with E-state index >= 15 is 0 Å². The largest absolute Gasteiger partial charge is 0.383 e. The van der Waals surface area contributed by atoms with Crippen LogP contribution in [-0.4, -0.2) is 70.9 Å². The molecular formula is C11H24FIN4O2. The van der Waals surface area contributed by atoms with Crippen LogP contribution in [0.25, 0.3) is 0 Å². The lowest BCUT2D eigenvalue weighted by atomic mass is 10.4. The van der Waals surface area contributed by atoms with E-state index in [-0.39, 0.29) is 43.1 Å². The normalized spacial score (nSPS) is 10.6. The van der Waals surface area contributed by atoms with Crippen molar-refractivity contribution in [1.29, 1.82) is 0 Å². The van der Waals surface area contributed by atoms with Gasteiger partial charge in [-0.25, -0.2) is 4.99 Å². The number of hydrogen-bond donors (Lipinski definition) is 2. The summed E-state index contributed by atoms with van der Waals surface area (Å²) >= 11 is 0. The smallest absolute Gasteiger partial charge is 0.243 e. The molecule has 0 aliphatic carbocycles. The topological polar surface area (TPSA) is 66.0 Å². The molecule has 0 atom stereocenters. The number of alkyl halides is 1. The summed E-state index contributed by atoms with van der Waals surface area (Å²) < 4.78 is 16.9. The van der Waals surface area contributed by atoms with Crippen LogP contribution in [0, 0.1) is 0 Å². The number of nitrogens with zero attached hydrogens (tertiary/aromatic N) is 2. The third-order valence-electron chi connectivity index (χ3n) is 2.07. The molecule has 0 rings (SSSR count). The monoisotopic (exact) mass is 390 g/mol. The zero-order valence-corrected chi connectivity index (χ0v) is 14.1. The van der Waals surface area contributed by atoms with E-state index in [0.717, 1.165) is 0 Å². The molecule has 0 aromatic carbocycles. The molecule has 0 saturated heterocycles. The van der Waals surface area contributed by atoms with Gasteiger partial charge in [0, 0.05) is 34.3 Å². The highest BCUT2D eigenvalue weighted by Crippen LogP contribution is 1.83. The van der Waals surface area contributed by atoms with Crippen LogP contribution >= 0.6 is 24.0 Å². The molecule has 19 heavy (non-hydrogen) atoms. The van der Waals surface area contributed by atoms with E-state index < -0.39 is 0 Å². The van der Waals surface area contributed by atoms with Gasteiger partial charge in [0.2, 0.25) is 5.91 Å². The van der Waals surface area contributed by atoms with Crippen molar-refractivity contribution < 1.29 is 13.9 Å². The minimum Gasteiger partial charge on any atom is -0.383 e. The summed E-state index contributed by atoms with van der Waals surface area (Å²) in [4.78, 5) is 17.0. The van der Waals surface area contributed by atoms with Gasteiger partial charge in [0.15, 0.2) is 5.96 Å².